The minimum atomic E-state index is -4.51. The van der Waals surface area contributed by atoms with E-state index >= 15 is 0 Å². The predicted molar refractivity (Wildman–Crippen MR) is 44.7 cm³/mol. The lowest BCUT2D eigenvalue weighted by atomic mass is 10.2. The lowest BCUT2D eigenvalue weighted by molar-refractivity contribution is -0.162. The van der Waals surface area contributed by atoms with E-state index in [1.807, 2.05) is 0 Å². The van der Waals surface area contributed by atoms with Crippen LogP contribution in [-0.4, -0.2) is 42.7 Å². The second-order valence-corrected chi connectivity index (χ2v) is 3.23. The Morgan fingerprint density at radius 1 is 1.60 bits per heavy atom. The van der Waals surface area contributed by atoms with E-state index in [1.54, 1.807) is 6.07 Å². The Kier molecular flexibility index (Phi) is 3.52. The number of nitrogens with one attached hydrogen (secondary N) is 1. The lowest BCUT2D eigenvalue weighted by Crippen LogP contribution is -2.53. The summed E-state index contributed by atoms with van der Waals surface area (Å²) in [4.78, 5) is 12.2. The van der Waals surface area contributed by atoms with Gasteiger partial charge in [0.1, 0.15) is 12.5 Å². The van der Waals surface area contributed by atoms with Gasteiger partial charge in [0.2, 0.25) is 5.91 Å². The van der Waals surface area contributed by atoms with E-state index in [1.165, 1.54) is 0 Å². The highest BCUT2D eigenvalue weighted by molar-refractivity contribution is 5.77. The molecule has 4 nitrogen and oxygen atoms in total. The fourth-order valence-corrected chi connectivity index (χ4v) is 1.39. The quantitative estimate of drug-likeness (QED) is 0.691. The number of nitrogens with zero attached hydrogens (tertiary/aromatic N) is 2. The van der Waals surface area contributed by atoms with Gasteiger partial charge in [-0.2, -0.15) is 18.4 Å². The Morgan fingerprint density at radius 3 is 2.80 bits per heavy atom. The highest BCUT2D eigenvalue weighted by atomic mass is 19.4. The Hall–Kier alpha value is -1.29. The molecule has 0 aromatic carbocycles. The average Bonchev–Trinajstić information content (AvgIpc) is 2.15. The van der Waals surface area contributed by atoms with Crippen LogP contribution in [0.25, 0.3) is 0 Å². The minimum absolute atomic E-state index is 0.146. The van der Waals surface area contributed by atoms with Gasteiger partial charge >= 0.3 is 6.18 Å². The van der Waals surface area contributed by atoms with Crippen molar-refractivity contribution in [3.05, 3.63) is 0 Å². The molecule has 1 fully saturated rings. The molecule has 0 saturated carbocycles. The Labute approximate surface area is 84.6 Å². The van der Waals surface area contributed by atoms with Gasteiger partial charge < -0.3 is 10.2 Å². The number of nitriles is 1. The first kappa shape index (κ1) is 11.8. The average molecular weight is 221 g/mol. The molecule has 1 N–H and O–H groups in total. The number of carbonyl (C=O) groups is 1. The molecule has 0 bridgehead atoms. The highest BCUT2D eigenvalue weighted by Gasteiger charge is 2.36. The Morgan fingerprint density at radius 2 is 2.27 bits per heavy atom. The Balaban J connectivity index is 2.61. The number of alkyl halides is 3. The summed E-state index contributed by atoms with van der Waals surface area (Å²) in [7, 11) is 0. The number of hydrogen-bond acceptors (Lipinski definition) is 3. The van der Waals surface area contributed by atoms with Gasteiger partial charge in [-0.05, 0) is 0 Å². The van der Waals surface area contributed by atoms with Crippen LogP contribution in [0.15, 0.2) is 0 Å². The van der Waals surface area contributed by atoms with Crippen LogP contribution in [0.3, 0.4) is 0 Å². The molecule has 1 aliphatic rings. The third kappa shape index (κ3) is 3.40. The molecular weight excluding hydrogens is 211 g/mol. The van der Waals surface area contributed by atoms with Crippen LogP contribution < -0.4 is 5.32 Å². The van der Waals surface area contributed by atoms with Crippen LogP contribution in [0, 0.1) is 11.3 Å². The van der Waals surface area contributed by atoms with E-state index in [9.17, 15) is 18.0 Å². The van der Waals surface area contributed by atoms with Crippen LogP contribution >= 0.6 is 0 Å². The van der Waals surface area contributed by atoms with Gasteiger partial charge in [0.05, 0.1) is 6.07 Å². The molecule has 1 unspecified atom stereocenters. The predicted octanol–water partition coefficient (Wildman–Crippen LogP) is 0.263. The third-order valence-electron chi connectivity index (χ3n) is 2.06. The molecule has 0 aromatic rings. The van der Waals surface area contributed by atoms with Gasteiger partial charge in [-0.3, -0.25) is 4.79 Å². The summed E-state index contributed by atoms with van der Waals surface area (Å²) in [6.07, 6.45) is -6.01. The zero-order chi connectivity index (χ0) is 11.5. The van der Waals surface area contributed by atoms with E-state index in [0.29, 0.717) is 6.54 Å². The molecule has 15 heavy (non-hydrogen) atoms. The number of amides is 1. The highest BCUT2D eigenvalue weighted by Crippen LogP contribution is 2.21. The van der Waals surface area contributed by atoms with Crippen LogP contribution in [0.1, 0.15) is 6.42 Å². The third-order valence-corrected chi connectivity index (χ3v) is 2.06. The molecule has 1 rings (SSSR count). The smallest absolute Gasteiger partial charge is 0.324 e. The second kappa shape index (κ2) is 4.49. The van der Waals surface area contributed by atoms with Crippen molar-refractivity contribution in [2.24, 2.45) is 0 Å². The zero-order valence-corrected chi connectivity index (χ0v) is 7.84. The molecule has 84 valence electrons. The maximum absolute atomic E-state index is 11.9. The van der Waals surface area contributed by atoms with Gasteiger partial charge in [0.25, 0.3) is 0 Å². The van der Waals surface area contributed by atoms with Crippen LogP contribution in [0.5, 0.6) is 0 Å². The minimum Gasteiger partial charge on any atom is -0.324 e. The summed E-state index contributed by atoms with van der Waals surface area (Å²) >= 11 is 0. The summed E-state index contributed by atoms with van der Waals surface area (Å²) < 4.78 is 35.8. The van der Waals surface area contributed by atoms with Crippen molar-refractivity contribution in [1.82, 2.24) is 10.2 Å². The van der Waals surface area contributed by atoms with E-state index in [0.717, 1.165) is 4.90 Å². The fourth-order valence-electron chi connectivity index (χ4n) is 1.39. The normalized spacial score (nSPS) is 22.3. The molecule has 1 aliphatic heterocycles. The van der Waals surface area contributed by atoms with Crippen molar-refractivity contribution in [3.63, 3.8) is 0 Å². The zero-order valence-electron chi connectivity index (χ0n) is 7.84. The summed E-state index contributed by atoms with van der Waals surface area (Å²) in [6, 6.07) is 0.998. The van der Waals surface area contributed by atoms with Gasteiger partial charge in [-0.1, -0.05) is 0 Å². The van der Waals surface area contributed by atoms with Gasteiger partial charge in [-0.15, -0.1) is 0 Å². The molecule has 1 atom stereocenters. The molecule has 0 radical (unpaired) electrons. The maximum Gasteiger partial charge on any atom is 0.397 e. The van der Waals surface area contributed by atoms with Crippen molar-refractivity contribution >= 4 is 5.91 Å². The first-order valence-corrected chi connectivity index (χ1v) is 4.40. The first-order valence-electron chi connectivity index (χ1n) is 4.40. The number of carbonyl (C=O) groups excluding carboxylic acids is 1. The molecule has 1 heterocycles. The van der Waals surface area contributed by atoms with E-state index in [2.05, 4.69) is 5.32 Å². The standard InChI is InChI=1S/C8H10F3N3O/c9-8(10,11)3-7(15)14-2-1-13-5-6(14)4-12/h6,13H,1-3,5H2. The molecular formula is C8H10F3N3O. The van der Waals surface area contributed by atoms with E-state index in [4.69, 9.17) is 5.26 Å². The van der Waals surface area contributed by atoms with E-state index < -0.39 is 24.5 Å². The topological polar surface area (TPSA) is 56.1 Å². The number of piperazine rings is 1. The SMILES string of the molecule is N#CC1CNCCN1C(=O)CC(F)(F)F. The summed E-state index contributed by atoms with van der Waals surface area (Å²) in [5.74, 6) is -1.03. The maximum atomic E-state index is 11.9. The van der Waals surface area contributed by atoms with Crippen molar-refractivity contribution < 1.29 is 18.0 Å². The van der Waals surface area contributed by atoms with Crippen molar-refractivity contribution in [2.75, 3.05) is 19.6 Å². The second-order valence-electron chi connectivity index (χ2n) is 3.23. The number of rotatable bonds is 1. The van der Waals surface area contributed by atoms with Crippen LogP contribution in [-0.2, 0) is 4.79 Å². The van der Waals surface area contributed by atoms with Gasteiger partial charge in [-0.25, -0.2) is 0 Å². The molecule has 7 heteroatoms. The molecule has 0 aliphatic carbocycles. The monoisotopic (exact) mass is 221 g/mol. The van der Waals surface area contributed by atoms with E-state index in [-0.39, 0.29) is 13.1 Å². The van der Waals surface area contributed by atoms with Crippen molar-refractivity contribution in [2.45, 2.75) is 18.6 Å². The Bertz CT molecular complexity index is 284. The van der Waals surface area contributed by atoms with Crippen LogP contribution in [0.2, 0.25) is 0 Å². The van der Waals surface area contributed by atoms with Crippen molar-refractivity contribution in [3.8, 4) is 6.07 Å². The molecule has 1 saturated heterocycles. The van der Waals surface area contributed by atoms with Crippen molar-refractivity contribution in [1.29, 1.82) is 5.26 Å². The van der Waals surface area contributed by atoms with Gasteiger partial charge in [0.15, 0.2) is 0 Å². The molecule has 1 amide bonds. The number of halogens is 3. The molecule has 0 aromatic heterocycles. The van der Waals surface area contributed by atoms with Crippen LogP contribution in [0.4, 0.5) is 13.2 Å². The lowest BCUT2D eigenvalue weighted by Gasteiger charge is -2.32. The number of hydrogen-bond donors (Lipinski definition) is 1. The summed E-state index contributed by atoms with van der Waals surface area (Å²) in [6.45, 7) is 0.787. The first-order chi connectivity index (χ1) is 6.94. The summed E-state index contributed by atoms with van der Waals surface area (Å²) in [5.41, 5.74) is 0. The fraction of sp³-hybridized carbons (Fsp3) is 0.750. The summed E-state index contributed by atoms with van der Waals surface area (Å²) in [5, 5.41) is 11.5. The largest absolute Gasteiger partial charge is 0.397 e. The molecule has 0 spiro atoms. The van der Waals surface area contributed by atoms with Gasteiger partial charge in [0, 0.05) is 19.6 Å².